The SMILES string of the molecule is CCC(NC(=O)c1cc(S(=O)(=O)Nc2ccccc2)ccc1N)C(=O)O. The summed E-state index contributed by atoms with van der Waals surface area (Å²) < 4.78 is 27.4. The molecule has 8 nitrogen and oxygen atoms in total. The third-order valence-electron chi connectivity index (χ3n) is 3.62. The summed E-state index contributed by atoms with van der Waals surface area (Å²) in [6.45, 7) is 1.60. The van der Waals surface area contributed by atoms with Gasteiger partial charge in [0.15, 0.2) is 0 Å². The maximum absolute atomic E-state index is 12.5. The van der Waals surface area contributed by atoms with Crippen molar-refractivity contribution in [1.82, 2.24) is 5.32 Å². The van der Waals surface area contributed by atoms with Crippen LogP contribution in [0.15, 0.2) is 53.4 Å². The number of nitrogens with one attached hydrogen (secondary N) is 2. The lowest BCUT2D eigenvalue weighted by molar-refractivity contribution is -0.139. The molecule has 2 aromatic carbocycles. The van der Waals surface area contributed by atoms with Crippen LogP contribution in [0.2, 0.25) is 0 Å². The Hall–Kier alpha value is -3.07. The van der Waals surface area contributed by atoms with Crippen molar-refractivity contribution < 1.29 is 23.1 Å². The number of carbonyl (C=O) groups excluding carboxylic acids is 1. The zero-order chi connectivity index (χ0) is 19.3. The van der Waals surface area contributed by atoms with E-state index in [-0.39, 0.29) is 22.6 Å². The number of hydrogen-bond acceptors (Lipinski definition) is 5. The van der Waals surface area contributed by atoms with E-state index in [0.29, 0.717) is 5.69 Å². The number of benzene rings is 2. The molecule has 0 aliphatic carbocycles. The molecule has 0 radical (unpaired) electrons. The first-order valence-electron chi connectivity index (χ1n) is 7.75. The maximum atomic E-state index is 12.5. The zero-order valence-corrected chi connectivity index (χ0v) is 14.8. The van der Waals surface area contributed by atoms with Crippen LogP contribution in [0.5, 0.6) is 0 Å². The van der Waals surface area contributed by atoms with Gasteiger partial charge in [-0.15, -0.1) is 0 Å². The molecule has 1 amide bonds. The standard InChI is InChI=1S/C17H19N3O5S/c1-2-15(17(22)23)19-16(21)13-10-12(8-9-14(13)18)26(24,25)20-11-6-4-3-5-7-11/h3-10,15,20H,2,18H2,1H3,(H,19,21)(H,22,23). The van der Waals surface area contributed by atoms with E-state index in [1.165, 1.54) is 12.1 Å². The Balaban J connectivity index is 2.31. The summed E-state index contributed by atoms with van der Waals surface area (Å²) in [6.07, 6.45) is 0.175. The number of nitrogens with two attached hydrogens (primary N) is 1. The van der Waals surface area contributed by atoms with Gasteiger partial charge in [-0.25, -0.2) is 13.2 Å². The lowest BCUT2D eigenvalue weighted by Gasteiger charge is -2.14. The fourth-order valence-electron chi connectivity index (χ4n) is 2.19. The summed E-state index contributed by atoms with van der Waals surface area (Å²) in [5.41, 5.74) is 6.06. The fraction of sp³-hybridized carbons (Fsp3) is 0.176. The average molecular weight is 377 g/mol. The predicted molar refractivity (Wildman–Crippen MR) is 97.3 cm³/mol. The van der Waals surface area contributed by atoms with E-state index in [2.05, 4.69) is 10.0 Å². The van der Waals surface area contributed by atoms with E-state index in [4.69, 9.17) is 10.8 Å². The minimum Gasteiger partial charge on any atom is -0.480 e. The van der Waals surface area contributed by atoms with Crippen molar-refractivity contribution in [3.63, 3.8) is 0 Å². The van der Waals surface area contributed by atoms with Gasteiger partial charge in [-0.2, -0.15) is 0 Å². The van der Waals surface area contributed by atoms with Crippen LogP contribution >= 0.6 is 0 Å². The summed E-state index contributed by atoms with van der Waals surface area (Å²) >= 11 is 0. The van der Waals surface area contributed by atoms with Crippen LogP contribution in [0.3, 0.4) is 0 Å². The van der Waals surface area contributed by atoms with E-state index < -0.39 is 27.9 Å². The van der Waals surface area contributed by atoms with Crippen LogP contribution < -0.4 is 15.8 Å². The average Bonchev–Trinajstić information content (AvgIpc) is 2.59. The molecule has 1 atom stereocenters. The van der Waals surface area contributed by atoms with E-state index in [0.717, 1.165) is 6.07 Å². The number of rotatable bonds is 7. The normalized spacial score (nSPS) is 12.2. The van der Waals surface area contributed by atoms with Crippen molar-refractivity contribution in [2.24, 2.45) is 0 Å². The van der Waals surface area contributed by atoms with E-state index in [9.17, 15) is 18.0 Å². The largest absolute Gasteiger partial charge is 0.480 e. The van der Waals surface area contributed by atoms with Gasteiger partial charge >= 0.3 is 5.97 Å². The van der Waals surface area contributed by atoms with Crippen LogP contribution in [0, 0.1) is 0 Å². The van der Waals surface area contributed by atoms with Crippen LogP contribution in [0.25, 0.3) is 0 Å². The van der Waals surface area contributed by atoms with Crippen LogP contribution in [-0.4, -0.2) is 31.4 Å². The first-order chi connectivity index (χ1) is 12.2. The maximum Gasteiger partial charge on any atom is 0.326 e. The Morgan fingerprint density at radius 1 is 1.15 bits per heavy atom. The number of para-hydroxylation sites is 1. The number of sulfonamides is 1. The van der Waals surface area contributed by atoms with Gasteiger partial charge in [0, 0.05) is 11.4 Å². The monoisotopic (exact) mass is 377 g/mol. The molecule has 0 spiro atoms. The molecule has 2 rings (SSSR count). The van der Waals surface area contributed by atoms with E-state index in [1.54, 1.807) is 37.3 Å². The minimum atomic E-state index is -3.94. The molecule has 0 heterocycles. The highest BCUT2D eigenvalue weighted by atomic mass is 32.2. The highest BCUT2D eigenvalue weighted by Crippen LogP contribution is 2.21. The zero-order valence-electron chi connectivity index (χ0n) is 14.0. The van der Waals surface area contributed by atoms with Gasteiger partial charge in [-0.3, -0.25) is 9.52 Å². The van der Waals surface area contributed by atoms with E-state index >= 15 is 0 Å². The van der Waals surface area contributed by atoms with Gasteiger partial charge in [-0.05, 0) is 36.8 Å². The van der Waals surface area contributed by atoms with Crippen molar-refractivity contribution in [1.29, 1.82) is 0 Å². The van der Waals surface area contributed by atoms with Crippen LogP contribution in [0.4, 0.5) is 11.4 Å². The Labute approximate surface area is 151 Å². The highest BCUT2D eigenvalue weighted by molar-refractivity contribution is 7.92. The second-order valence-electron chi connectivity index (χ2n) is 5.49. The third-order valence-corrected chi connectivity index (χ3v) is 5.00. The molecule has 0 saturated carbocycles. The Kier molecular flexibility index (Phi) is 5.83. The minimum absolute atomic E-state index is 0.0430. The first-order valence-corrected chi connectivity index (χ1v) is 9.24. The Morgan fingerprint density at radius 3 is 2.38 bits per heavy atom. The number of amides is 1. The van der Waals surface area contributed by atoms with Gasteiger partial charge in [0.1, 0.15) is 6.04 Å². The molecule has 26 heavy (non-hydrogen) atoms. The molecule has 0 aliphatic heterocycles. The van der Waals surface area contributed by atoms with Gasteiger partial charge in [0.2, 0.25) is 0 Å². The lowest BCUT2D eigenvalue weighted by Crippen LogP contribution is -2.40. The molecule has 0 fully saturated rings. The van der Waals surface area contributed by atoms with E-state index in [1.807, 2.05) is 0 Å². The molecular formula is C17H19N3O5S. The Morgan fingerprint density at radius 2 is 1.81 bits per heavy atom. The Bertz CT molecular complexity index is 913. The van der Waals surface area contributed by atoms with Crippen LogP contribution in [0.1, 0.15) is 23.7 Å². The van der Waals surface area contributed by atoms with Gasteiger partial charge in [0.25, 0.3) is 15.9 Å². The van der Waals surface area contributed by atoms with Gasteiger partial charge in [-0.1, -0.05) is 25.1 Å². The summed E-state index contributed by atoms with van der Waals surface area (Å²) in [4.78, 5) is 23.2. The predicted octanol–water partition coefficient (Wildman–Crippen LogP) is 1.66. The number of nitrogen functional groups attached to an aromatic ring is 1. The fourth-order valence-corrected chi connectivity index (χ4v) is 3.28. The summed E-state index contributed by atoms with van der Waals surface area (Å²) in [6, 6.07) is 10.8. The van der Waals surface area contributed by atoms with Crippen LogP contribution in [-0.2, 0) is 14.8 Å². The highest BCUT2D eigenvalue weighted by Gasteiger charge is 2.22. The quantitative estimate of drug-likeness (QED) is 0.541. The van der Waals surface area contributed by atoms with Gasteiger partial charge < -0.3 is 16.2 Å². The summed E-state index contributed by atoms with van der Waals surface area (Å²) in [5.74, 6) is -1.94. The number of hydrogen-bond donors (Lipinski definition) is 4. The smallest absolute Gasteiger partial charge is 0.326 e. The topological polar surface area (TPSA) is 139 Å². The van der Waals surface area contributed by atoms with Crippen molar-refractivity contribution in [2.45, 2.75) is 24.3 Å². The molecule has 9 heteroatoms. The lowest BCUT2D eigenvalue weighted by atomic mass is 10.1. The molecule has 0 aliphatic rings. The number of carbonyl (C=O) groups is 2. The second-order valence-corrected chi connectivity index (χ2v) is 7.18. The molecule has 5 N–H and O–H groups in total. The molecule has 138 valence electrons. The number of carboxylic acid groups (broad SMARTS) is 1. The molecule has 0 aromatic heterocycles. The van der Waals surface area contributed by atoms with Crippen molar-refractivity contribution in [3.8, 4) is 0 Å². The molecular weight excluding hydrogens is 358 g/mol. The summed E-state index contributed by atoms with van der Waals surface area (Å²) in [5, 5.41) is 11.4. The first kappa shape index (κ1) is 19.3. The van der Waals surface area contributed by atoms with Gasteiger partial charge in [0.05, 0.1) is 10.5 Å². The second kappa shape index (κ2) is 7.87. The summed E-state index contributed by atoms with van der Waals surface area (Å²) in [7, 11) is -3.94. The number of anilines is 2. The molecule has 0 saturated heterocycles. The van der Waals surface area contributed by atoms with Crippen molar-refractivity contribution in [2.75, 3.05) is 10.5 Å². The molecule has 0 bridgehead atoms. The van der Waals surface area contributed by atoms with Crippen molar-refractivity contribution >= 4 is 33.3 Å². The molecule has 1 unspecified atom stereocenters. The molecule has 2 aromatic rings. The van der Waals surface area contributed by atoms with Crippen molar-refractivity contribution in [3.05, 3.63) is 54.1 Å². The number of aliphatic carboxylic acids is 1. The number of carboxylic acids is 1. The third kappa shape index (κ3) is 4.51.